The molecule has 1 nitrogen and oxygen atoms in total. The third kappa shape index (κ3) is 5.76. The van der Waals surface area contributed by atoms with Crippen molar-refractivity contribution < 1.29 is 20.1 Å². The van der Waals surface area contributed by atoms with Crippen molar-refractivity contribution in [2.75, 3.05) is 0 Å². The number of fused-ring (bicyclic) bond motifs is 1. The van der Waals surface area contributed by atoms with Gasteiger partial charge < -0.3 is 0 Å². The van der Waals surface area contributed by atoms with Gasteiger partial charge in [-0.25, -0.2) is 0 Å². The summed E-state index contributed by atoms with van der Waals surface area (Å²) in [7, 11) is 0. The molecule has 25 heavy (non-hydrogen) atoms. The number of rotatable bonds is 8. The quantitative estimate of drug-likeness (QED) is 0.247. The molecule has 0 fully saturated rings. The van der Waals surface area contributed by atoms with Crippen molar-refractivity contribution in [1.82, 2.24) is 4.98 Å². The van der Waals surface area contributed by atoms with E-state index in [4.69, 9.17) is 4.98 Å². The Balaban J connectivity index is 0.00000225. The summed E-state index contributed by atoms with van der Waals surface area (Å²) in [5.41, 5.74) is 4.56. The summed E-state index contributed by atoms with van der Waals surface area (Å²) in [6, 6.07) is 22.3. The Labute approximate surface area is 165 Å². The number of benzene rings is 2. The van der Waals surface area contributed by atoms with Gasteiger partial charge in [0.05, 0.1) is 5.52 Å². The van der Waals surface area contributed by atoms with Crippen molar-refractivity contribution >= 4 is 10.9 Å². The molecule has 0 atom stereocenters. The van der Waals surface area contributed by atoms with Gasteiger partial charge in [-0.05, 0) is 23.6 Å². The normalized spacial score (nSPS) is 10.6. The Morgan fingerprint density at radius 3 is 2.56 bits per heavy atom. The van der Waals surface area contributed by atoms with Gasteiger partial charge in [0.15, 0.2) is 0 Å². The van der Waals surface area contributed by atoms with E-state index in [1.54, 1.807) is 0 Å². The van der Waals surface area contributed by atoms with Crippen LogP contribution in [0.5, 0.6) is 0 Å². The number of para-hydroxylation sites is 1. The van der Waals surface area contributed by atoms with Gasteiger partial charge in [-0.15, -0.1) is 35.4 Å². The van der Waals surface area contributed by atoms with Gasteiger partial charge >= 0.3 is 0 Å². The average Bonchev–Trinajstić information content (AvgIpc) is 2.64. The van der Waals surface area contributed by atoms with Crippen LogP contribution in [0.1, 0.15) is 51.0 Å². The predicted molar refractivity (Wildman–Crippen MR) is 103 cm³/mol. The van der Waals surface area contributed by atoms with Crippen molar-refractivity contribution in [1.29, 1.82) is 0 Å². The van der Waals surface area contributed by atoms with Gasteiger partial charge in [-0.3, -0.25) is 4.98 Å². The van der Waals surface area contributed by atoms with Gasteiger partial charge in [-0.1, -0.05) is 75.8 Å². The van der Waals surface area contributed by atoms with Crippen LogP contribution in [0.3, 0.4) is 0 Å². The van der Waals surface area contributed by atoms with E-state index in [0.717, 1.165) is 23.2 Å². The van der Waals surface area contributed by atoms with E-state index >= 15 is 0 Å². The molecule has 1 aromatic heterocycles. The minimum absolute atomic E-state index is 0. The van der Waals surface area contributed by atoms with Crippen molar-refractivity contribution in [3.05, 3.63) is 66.2 Å². The smallest absolute Gasteiger partial charge is 0.0595 e. The molecule has 0 aliphatic rings. The summed E-state index contributed by atoms with van der Waals surface area (Å²) in [5.74, 6) is 0. The van der Waals surface area contributed by atoms with Crippen molar-refractivity contribution in [2.24, 2.45) is 0 Å². The summed E-state index contributed by atoms with van der Waals surface area (Å²) >= 11 is 0. The molecule has 0 unspecified atom stereocenters. The summed E-state index contributed by atoms with van der Waals surface area (Å²) in [4.78, 5) is 4.79. The van der Waals surface area contributed by atoms with Gasteiger partial charge in [0.1, 0.15) is 0 Å². The molecule has 0 saturated carbocycles. The van der Waals surface area contributed by atoms with Crippen LogP contribution in [0.25, 0.3) is 22.2 Å². The zero-order chi connectivity index (χ0) is 16.6. The van der Waals surface area contributed by atoms with Crippen LogP contribution in [0, 0.1) is 6.07 Å². The van der Waals surface area contributed by atoms with E-state index < -0.39 is 0 Å². The average molecular weight is 509 g/mol. The molecule has 2 heteroatoms. The van der Waals surface area contributed by atoms with E-state index in [2.05, 4.69) is 55.5 Å². The maximum atomic E-state index is 4.79. The number of aromatic nitrogens is 1. The largest absolute Gasteiger partial charge is 0.296 e. The minimum atomic E-state index is 0. The molecule has 2 aromatic carbocycles. The second-order valence-corrected chi connectivity index (χ2v) is 6.52. The zero-order valence-electron chi connectivity index (χ0n) is 14.9. The minimum Gasteiger partial charge on any atom is -0.296 e. The molecule has 1 heterocycles. The van der Waals surface area contributed by atoms with Gasteiger partial charge in [0, 0.05) is 20.1 Å². The molecule has 3 aromatic rings. The monoisotopic (exact) mass is 509 g/mol. The predicted octanol–water partition coefficient (Wildman–Crippen LogP) is 6.60. The Kier molecular flexibility index (Phi) is 8.31. The molecule has 0 aliphatic heterocycles. The Morgan fingerprint density at radius 1 is 0.880 bits per heavy atom. The third-order valence-electron chi connectivity index (χ3n) is 4.56. The Hall–Kier alpha value is -1.50. The van der Waals surface area contributed by atoms with Crippen molar-refractivity contribution in [3.63, 3.8) is 0 Å². The van der Waals surface area contributed by atoms with E-state index in [1.807, 2.05) is 12.1 Å². The van der Waals surface area contributed by atoms with E-state index in [9.17, 15) is 0 Å². The fourth-order valence-corrected chi connectivity index (χ4v) is 3.14. The molecule has 133 valence electrons. The fraction of sp³-hybridized carbons (Fsp3) is 0.348. The van der Waals surface area contributed by atoms with Gasteiger partial charge in [0.2, 0.25) is 0 Å². The fourth-order valence-electron chi connectivity index (χ4n) is 3.14. The number of nitrogens with zero attached hydrogens (tertiary/aromatic N) is 1. The second-order valence-electron chi connectivity index (χ2n) is 6.52. The number of pyridine rings is 1. The standard InChI is InChI=1S/C23H26N.Ir/c1-2-3-4-5-6-7-11-19-12-10-14-21(18-19)23-17-16-20-13-8-9-15-22(20)24-23;/h8-10,12-13,15-18H,2-7,11H2,1H3;/q-1;. The van der Waals surface area contributed by atoms with Crippen molar-refractivity contribution in [3.8, 4) is 11.3 Å². The topological polar surface area (TPSA) is 12.9 Å². The van der Waals surface area contributed by atoms with Gasteiger partial charge in [0.25, 0.3) is 0 Å². The van der Waals surface area contributed by atoms with Crippen LogP contribution in [-0.4, -0.2) is 4.98 Å². The van der Waals surface area contributed by atoms with E-state index in [0.29, 0.717) is 0 Å². The van der Waals surface area contributed by atoms with Crippen molar-refractivity contribution in [2.45, 2.75) is 51.9 Å². The summed E-state index contributed by atoms with van der Waals surface area (Å²) in [5, 5.41) is 1.18. The Bertz CT molecular complexity index is 782. The van der Waals surface area contributed by atoms with Crippen LogP contribution >= 0.6 is 0 Å². The molecule has 0 bridgehead atoms. The zero-order valence-corrected chi connectivity index (χ0v) is 17.3. The van der Waals surface area contributed by atoms with Crippen LogP contribution in [-0.2, 0) is 26.5 Å². The molecule has 0 saturated heterocycles. The van der Waals surface area contributed by atoms with Crippen LogP contribution in [0.4, 0.5) is 0 Å². The summed E-state index contributed by atoms with van der Waals surface area (Å²) in [6.45, 7) is 2.27. The number of hydrogen-bond acceptors (Lipinski definition) is 1. The van der Waals surface area contributed by atoms with E-state index in [1.165, 1.54) is 49.5 Å². The molecular formula is C23H26IrN-. The molecule has 0 N–H and O–H groups in total. The molecule has 0 aliphatic carbocycles. The maximum Gasteiger partial charge on any atom is 0.0595 e. The summed E-state index contributed by atoms with van der Waals surface area (Å²) in [6.07, 6.45) is 9.20. The summed E-state index contributed by atoms with van der Waals surface area (Å²) < 4.78 is 0. The molecule has 1 radical (unpaired) electrons. The number of hydrogen-bond donors (Lipinski definition) is 0. The second kappa shape index (κ2) is 10.5. The number of unbranched alkanes of at least 4 members (excludes halogenated alkanes) is 5. The molecule has 0 amide bonds. The van der Waals surface area contributed by atoms with Crippen LogP contribution in [0.15, 0.2) is 54.6 Å². The SMILES string of the molecule is CCCCCCCCc1cc[c-]c(-c2ccc3ccccc3n2)c1.[Ir]. The molecule has 0 spiro atoms. The number of aryl methyl sites for hydroxylation is 1. The van der Waals surface area contributed by atoms with Gasteiger partial charge in [-0.2, -0.15) is 0 Å². The first-order valence-electron chi connectivity index (χ1n) is 9.23. The van der Waals surface area contributed by atoms with Crippen LogP contribution in [0.2, 0.25) is 0 Å². The Morgan fingerprint density at radius 2 is 1.68 bits per heavy atom. The first kappa shape index (κ1) is 19.8. The maximum absolute atomic E-state index is 4.79. The third-order valence-corrected chi connectivity index (χ3v) is 4.56. The first-order valence-corrected chi connectivity index (χ1v) is 9.23. The molecular weight excluding hydrogens is 482 g/mol. The van der Waals surface area contributed by atoms with E-state index in [-0.39, 0.29) is 20.1 Å². The molecule has 3 rings (SSSR count). The first-order chi connectivity index (χ1) is 11.9. The van der Waals surface area contributed by atoms with Crippen LogP contribution < -0.4 is 0 Å².